The number of carbonyl (C=O) groups is 2. The van der Waals surface area contributed by atoms with Crippen molar-refractivity contribution in [2.45, 2.75) is 50.9 Å². The summed E-state index contributed by atoms with van der Waals surface area (Å²) in [5, 5.41) is 16.1. The molecule has 3 unspecified atom stereocenters. The normalized spacial score (nSPS) is 20.0. The summed E-state index contributed by atoms with van der Waals surface area (Å²) in [7, 11) is 0. The van der Waals surface area contributed by atoms with Gasteiger partial charge >= 0.3 is 6.09 Å². The smallest absolute Gasteiger partial charge is 0.407 e. The molecule has 1 aliphatic carbocycles. The number of nitrogens with zero attached hydrogens (tertiary/aromatic N) is 2. The molecule has 1 fully saturated rings. The van der Waals surface area contributed by atoms with Crippen LogP contribution in [-0.2, 0) is 24.4 Å². The number of carbonyl (C=O) groups excluding carboxylic acids is 2. The Hall–Kier alpha value is -4.21. The van der Waals surface area contributed by atoms with Crippen molar-refractivity contribution in [1.82, 2.24) is 20.2 Å². The largest absolute Gasteiger partial charge is 0.501 e. The van der Waals surface area contributed by atoms with Gasteiger partial charge in [-0.1, -0.05) is 42.5 Å². The van der Waals surface area contributed by atoms with Crippen molar-refractivity contribution in [3.8, 4) is 5.75 Å². The summed E-state index contributed by atoms with van der Waals surface area (Å²) >= 11 is 0. The molecule has 3 aliphatic rings. The van der Waals surface area contributed by atoms with Crippen LogP contribution in [0.5, 0.6) is 5.75 Å². The number of benzene rings is 2. The molecule has 37 heavy (non-hydrogen) atoms. The molecule has 3 aromatic rings. The van der Waals surface area contributed by atoms with Crippen LogP contribution in [0.15, 0.2) is 59.4 Å². The standard InChI is InChI=1S/C27H27FN4O5/c28-19-9-6-16(7-10-19)13-29-25(34)22-23(33)26(35)32-14-18-8-11-20(24(32)31-22)21(12-18)30-27(36)37-15-17-4-2-1-3-5-17/h1-7,9-10,18,20-21,33H,8,11-15H2,(H,29,34)(H,30,36). The quantitative estimate of drug-likeness (QED) is 0.472. The lowest BCUT2D eigenvalue weighted by Crippen LogP contribution is -2.43. The first-order chi connectivity index (χ1) is 17.9. The number of hydrogen-bond acceptors (Lipinski definition) is 6. The van der Waals surface area contributed by atoms with Crippen molar-refractivity contribution >= 4 is 12.0 Å². The number of amides is 2. The Balaban J connectivity index is 1.34. The van der Waals surface area contributed by atoms with Gasteiger partial charge in [0.1, 0.15) is 18.2 Å². The molecule has 3 N–H and O–H groups in total. The number of alkyl carbamates (subject to hydrolysis) is 1. The number of ether oxygens (including phenoxy) is 1. The highest BCUT2D eigenvalue weighted by molar-refractivity contribution is 5.94. The maximum absolute atomic E-state index is 13.1. The maximum atomic E-state index is 13.1. The molecule has 2 aliphatic heterocycles. The fourth-order valence-electron chi connectivity index (χ4n) is 5.11. The van der Waals surface area contributed by atoms with Crippen molar-refractivity contribution in [2.24, 2.45) is 5.92 Å². The van der Waals surface area contributed by atoms with Crippen LogP contribution < -0.4 is 16.2 Å². The van der Waals surface area contributed by atoms with Gasteiger partial charge in [-0.25, -0.2) is 14.2 Å². The van der Waals surface area contributed by atoms with Crippen molar-refractivity contribution in [3.63, 3.8) is 0 Å². The van der Waals surface area contributed by atoms with Crippen LogP contribution in [0.4, 0.5) is 9.18 Å². The van der Waals surface area contributed by atoms with Crippen molar-refractivity contribution < 1.29 is 23.8 Å². The van der Waals surface area contributed by atoms with Gasteiger partial charge in [0, 0.05) is 25.0 Å². The summed E-state index contributed by atoms with van der Waals surface area (Å²) < 4.78 is 20.0. The van der Waals surface area contributed by atoms with Gasteiger partial charge in [-0.2, -0.15) is 0 Å². The number of hydrogen-bond donors (Lipinski definition) is 3. The Morgan fingerprint density at radius 2 is 1.84 bits per heavy atom. The minimum absolute atomic E-state index is 0.0710. The van der Waals surface area contributed by atoms with E-state index in [9.17, 15) is 23.9 Å². The SMILES string of the molecule is O=C(NC1CC2CCC1c1nc(C(=O)NCc3ccc(F)cc3)c(O)c(=O)n1C2)OCc1ccccc1. The number of halogens is 1. The molecule has 1 aromatic heterocycles. The van der Waals surface area contributed by atoms with E-state index in [1.54, 1.807) is 0 Å². The fourth-order valence-corrected chi connectivity index (χ4v) is 5.11. The molecule has 0 radical (unpaired) electrons. The zero-order valence-electron chi connectivity index (χ0n) is 20.0. The van der Waals surface area contributed by atoms with Gasteiger partial charge < -0.3 is 20.5 Å². The number of nitrogens with one attached hydrogen (secondary N) is 2. The van der Waals surface area contributed by atoms with Crippen LogP contribution in [0.2, 0.25) is 0 Å². The molecular formula is C27H27FN4O5. The molecule has 0 spiro atoms. The number of aromatic nitrogens is 2. The third kappa shape index (κ3) is 5.32. The molecule has 0 saturated heterocycles. The number of fused-ring (bicyclic) bond motifs is 2. The lowest BCUT2D eigenvalue weighted by atomic mass is 9.79. The third-order valence-electron chi connectivity index (χ3n) is 7.00. The molecule has 6 rings (SSSR count). The summed E-state index contributed by atoms with van der Waals surface area (Å²) in [6, 6.07) is 14.6. The third-order valence-corrected chi connectivity index (χ3v) is 7.00. The van der Waals surface area contributed by atoms with Crippen LogP contribution in [0.1, 0.15) is 52.6 Å². The Morgan fingerprint density at radius 3 is 2.59 bits per heavy atom. The van der Waals surface area contributed by atoms with E-state index in [1.807, 2.05) is 30.3 Å². The van der Waals surface area contributed by atoms with Gasteiger partial charge in [-0.05, 0) is 48.4 Å². The van der Waals surface area contributed by atoms with Gasteiger partial charge in [0.05, 0.1) is 0 Å². The van der Waals surface area contributed by atoms with E-state index in [0.717, 1.165) is 12.0 Å². The van der Waals surface area contributed by atoms with Gasteiger partial charge in [0.15, 0.2) is 5.69 Å². The van der Waals surface area contributed by atoms with Crippen LogP contribution in [-0.4, -0.2) is 32.7 Å². The second-order valence-electron chi connectivity index (χ2n) is 9.49. The van der Waals surface area contributed by atoms with Crippen molar-refractivity contribution in [3.05, 3.63) is 93.4 Å². The lowest BCUT2D eigenvalue weighted by molar-refractivity contribution is 0.0941. The summed E-state index contributed by atoms with van der Waals surface area (Å²) in [4.78, 5) is 42.9. The summed E-state index contributed by atoms with van der Waals surface area (Å²) in [5.41, 5.74) is 0.471. The van der Waals surface area contributed by atoms with Crippen molar-refractivity contribution in [1.29, 1.82) is 0 Å². The monoisotopic (exact) mass is 506 g/mol. The van der Waals surface area contributed by atoms with E-state index in [4.69, 9.17) is 4.74 Å². The lowest BCUT2D eigenvalue weighted by Gasteiger charge is -2.32. The predicted octanol–water partition coefficient (Wildman–Crippen LogP) is 3.21. The molecule has 9 nitrogen and oxygen atoms in total. The molecule has 192 valence electrons. The zero-order valence-corrected chi connectivity index (χ0v) is 20.0. The molecule has 10 heteroatoms. The highest BCUT2D eigenvalue weighted by Gasteiger charge is 2.40. The van der Waals surface area contributed by atoms with E-state index in [1.165, 1.54) is 28.8 Å². The van der Waals surface area contributed by atoms with E-state index in [0.29, 0.717) is 30.8 Å². The van der Waals surface area contributed by atoms with Crippen LogP contribution >= 0.6 is 0 Å². The fraction of sp³-hybridized carbons (Fsp3) is 0.333. The molecule has 3 heterocycles. The van der Waals surface area contributed by atoms with E-state index >= 15 is 0 Å². The Morgan fingerprint density at radius 1 is 1.08 bits per heavy atom. The zero-order chi connectivity index (χ0) is 25.9. The van der Waals surface area contributed by atoms with Gasteiger partial charge in [-0.15, -0.1) is 0 Å². The predicted molar refractivity (Wildman–Crippen MR) is 131 cm³/mol. The Labute approximate surface area is 212 Å². The number of aromatic hydroxyl groups is 1. The first-order valence-electron chi connectivity index (χ1n) is 12.2. The first-order valence-corrected chi connectivity index (χ1v) is 12.2. The van der Waals surface area contributed by atoms with Crippen LogP contribution in [0.25, 0.3) is 0 Å². The van der Waals surface area contributed by atoms with Gasteiger partial charge in [0.2, 0.25) is 5.75 Å². The van der Waals surface area contributed by atoms with Gasteiger partial charge in [-0.3, -0.25) is 14.2 Å². The molecule has 3 atom stereocenters. The molecular weight excluding hydrogens is 479 g/mol. The molecule has 1 saturated carbocycles. The first kappa shape index (κ1) is 24.5. The number of rotatable bonds is 6. The summed E-state index contributed by atoms with van der Waals surface area (Å²) in [6.45, 7) is 0.551. The minimum atomic E-state index is -0.715. The summed E-state index contributed by atoms with van der Waals surface area (Å²) in [5.74, 6) is -1.67. The average molecular weight is 507 g/mol. The van der Waals surface area contributed by atoms with Crippen molar-refractivity contribution in [2.75, 3.05) is 0 Å². The molecule has 2 bridgehead atoms. The second-order valence-corrected chi connectivity index (χ2v) is 9.49. The topological polar surface area (TPSA) is 123 Å². The summed E-state index contributed by atoms with van der Waals surface area (Å²) in [6.07, 6.45) is 1.56. The van der Waals surface area contributed by atoms with E-state index < -0.39 is 29.1 Å². The van der Waals surface area contributed by atoms with E-state index in [2.05, 4.69) is 15.6 Å². The van der Waals surface area contributed by atoms with Crippen LogP contribution in [0.3, 0.4) is 0 Å². The Bertz CT molecular complexity index is 1360. The maximum Gasteiger partial charge on any atom is 0.407 e. The molecule has 2 aromatic carbocycles. The molecule has 2 amide bonds. The highest BCUT2D eigenvalue weighted by Crippen LogP contribution is 2.40. The van der Waals surface area contributed by atoms with Crippen LogP contribution in [0, 0.1) is 11.7 Å². The minimum Gasteiger partial charge on any atom is -0.501 e. The van der Waals surface area contributed by atoms with Gasteiger partial charge in [0.25, 0.3) is 11.5 Å². The highest BCUT2D eigenvalue weighted by atomic mass is 19.1. The average Bonchev–Trinajstić information content (AvgIpc) is 3.17. The second kappa shape index (κ2) is 10.4. The Kier molecular flexibility index (Phi) is 6.89. The van der Waals surface area contributed by atoms with E-state index in [-0.39, 0.29) is 36.7 Å².